The van der Waals surface area contributed by atoms with Gasteiger partial charge in [-0.3, -0.25) is 10.1 Å². The van der Waals surface area contributed by atoms with Crippen molar-refractivity contribution in [2.45, 2.75) is 44.7 Å². The predicted octanol–water partition coefficient (Wildman–Crippen LogP) is 0.345. The number of carbonyl (C=O) groups excluding carboxylic acids is 2. The van der Waals surface area contributed by atoms with Crippen LogP contribution in [0.1, 0.15) is 32.1 Å². The first-order valence-corrected chi connectivity index (χ1v) is 6.69. The van der Waals surface area contributed by atoms with Crippen molar-refractivity contribution in [2.75, 3.05) is 0 Å². The van der Waals surface area contributed by atoms with Gasteiger partial charge in [-0.2, -0.15) is 4.68 Å². The van der Waals surface area contributed by atoms with E-state index in [1.54, 1.807) is 0 Å². The quantitative estimate of drug-likeness (QED) is 0.608. The third kappa shape index (κ3) is 4.51. The molecule has 21 heavy (non-hydrogen) atoms. The van der Waals surface area contributed by atoms with Crippen LogP contribution >= 0.6 is 0 Å². The molecule has 1 aliphatic rings. The van der Waals surface area contributed by atoms with E-state index in [2.05, 4.69) is 20.7 Å². The monoisotopic (exact) mass is 296 g/mol. The van der Waals surface area contributed by atoms with E-state index >= 15 is 0 Å². The van der Waals surface area contributed by atoms with Crippen molar-refractivity contribution in [2.24, 2.45) is 0 Å². The van der Waals surface area contributed by atoms with Gasteiger partial charge in [0.2, 0.25) is 6.33 Å². The molecule has 0 aliphatic heterocycles. The number of nitrogens with one attached hydrogen (secondary N) is 2. The summed E-state index contributed by atoms with van der Waals surface area (Å²) in [6.07, 6.45) is 6.21. The van der Waals surface area contributed by atoms with Gasteiger partial charge in [-0.05, 0) is 17.8 Å². The number of nitro groups is 1. The lowest BCUT2D eigenvalue weighted by atomic mass is 9.96. The van der Waals surface area contributed by atoms with Crippen LogP contribution in [-0.4, -0.2) is 37.7 Å². The number of carbonyl (C=O) groups is 2. The zero-order valence-corrected chi connectivity index (χ0v) is 11.3. The van der Waals surface area contributed by atoms with Crippen LogP contribution in [-0.2, 0) is 11.3 Å². The molecule has 0 atom stereocenters. The van der Waals surface area contributed by atoms with E-state index in [4.69, 9.17) is 0 Å². The highest BCUT2D eigenvalue weighted by atomic mass is 16.6. The maximum absolute atomic E-state index is 11.6. The van der Waals surface area contributed by atoms with Crippen molar-refractivity contribution in [1.29, 1.82) is 0 Å². The number of hydrogen-bond acceptors (Lipinski definition) is 6. The molecule has 0 bridgehead atoms. The Kier molecular flexibility index (Phi) is 4.80. The van der Waals surface area contributed by atoms with E-state index in [1.165, 1.54) is 6.42 Å². The zero-order valence-electron chi connectivity index (χ0n) is 11.3. The van der Waals surface area contributed by atoms with Gasteiger partial charge >= 0.3 is 12.0 Å². The van der Waals surface area contributed by atoms with Crippen LogP contribution in [0.25, 0.3) is 0 Å². The average Bonchev–Trinajstić information content (AvgIpc) is 2.88. The van der Waals surface area contributed by atoms with E-state index in [0.717, 1.165) is 36.7 Å². The normalized spacial score (nSPS) is 15.4. The molecular formula is C11H16N6O4. The minimum Gasteiger partial charge on any atom is -0.390 e. The summed E-state index contributed by atoms with van der Waals surface area (Å²) in [5, 5.41) is 18.8. The summed E-state index contributed by atoms with van der Waals surface area (Å²) in [6, 6.07) is -0.458. The third-order valence-corrected chi connectivity index (χ3v) is 3.19. The Bertz CT molecular complexity index is 537. The molecule has 0 unspecified atom stereocenters. The minimum atomic E-state index is -0.760. The maximum Gasteiger partial charge on any atom is 0.490 e. The number of imide groups is 1. The van der Waals surface area contributed by atoms with Crippen LogP contribution in [0.4, 0.5) is 10.7 Å². The highest BCUT2D eigenvalue weighted by Gasteiger charge is 2.19. The van der Waals surface area contributed by atoms with Gasteiger partial charge < -0.3 is 15.4 Å². The molecule has 0 saturated heterocycles. The predicted molar refractivity (Wildman–Crippen MR) is 70.2 cm³/mol. The van der Waals surface area contributed by atoms with E-state index in [9.17, 15) is 19.7 Å². The van der Waals surface area contributed by atoms with E-state index < -0.39 is 22.8 Å². The fourth-order valence-corrected chi connectivity index (χ4v) is 2.23. The van der Waals surface area contributed by atoms with Crippen LogP contribution in [0.3, 0.4) is 0 Å². The molecule has 1 aliphatic carbocycles. The lowest BCUT2D eigenvalue weighted by molar-refractivity contribution is -0.394. The van der Waals surface area contributed by atoms with Crippen molar-refractivity contribution in [1.82, 2.24) is 25.4 Å². The smallest absolute Gasteiger partial charge is 0.390 e. The molecule has 0 aromatic carbocycles. The molecule has 1 aromatic rings. The Morgan fingerprint density at radius 1 is 1.38 bits per heavy atom. The summed E-state index contributed by atoms with van der Waals surface area (Å²) >= 11 is 0. The second-order valence-corrected chi connectivity index (χ2v) is 4.86. The number of hydrogen-bond donors (Lipinski definition) is 2. The number of rotatable bonds is 4. The van der Waals surface area contributed by atoms with Crippen molar-refractivity contribution in [3.63, 3.8) is 0 Å². The Balaban J connectivity index is 1.77. The highest BCUT2D eigenvalue weighted by Crippen LogP contribution is 2.17. The van der Waals surface area contributed by atoms with Crippen LogP contribution in [0.5, 0.6) is 0 Å². The van der Waals surface area contributed by atoms with E-state index in [0.29, 0.717) is 0 Å². The lowest BCUT2D eigenvalue weighted by Crippen LogP contribution is -2.46. The van der Waals surface area contributed by atoms with Gasteiger partial charge in [-0.1, -0.05) is 24.2 Å². The highest BCUT2D eigenvalue weighted by molar-refractivity contribution is 5.94. The molecule has 114 valence electrons. The Hall–Kier alpha value is -2.52. The largest absolute Gasteiger partial charge is 0.490 e. The van der Waals surface area contributed by atoms with Gasteiger partial charge in [0.1, 0.15) is 6.54 Å². The van der Waals surface area contributed by atoms with Gasteiger partial charge in [-0.15, -0.1) is 0 Å². The Morgan fingerprint density at radius 2 is 2.10 bits per heavy atom. The van der Waals surface area contributed by atoms with Crippen molar-refractivity contribution >= 4 is 17.9 Å². The number of urea groups is 1. The maximum atomic E-state index is 11.6. The summed E-state index contributed by atoms with van der Waals surface area (Å²) in [6.45, 7) is -0.307. The fourth-order valence-electron chi connectivity index (χ4n) is 2.23. The van der Waals surface area contributed by atoms with E-state index in [1.807, 2.05) is 0 Å². The number of nitrogens with zero attached hydrogens (tertiary/aromatic N) is 4. The summed E-state index contributed by atoms with van der Waals surface area (Å²) < 4.78 is 1.00. The number of aromatic nitrogens is 3. The van der Waals surface area contributed by atoms with Gasteiger partial charge in [0, 0.05) is 11.1 Å². The molecule has 0 radical (unpaired) electrons. The van der Waals surface area contributed by atoms with Crippen molar-refractivity contribution < 1.29 is 14.5 Å². The number of amides is 3. The molecule has 10 heteroatoms. The summed E-state index contributed by atoms with van der Waals surface area (Å²) in [5.74, 6) is -1.20. The standard InChI is InChI=1S/C11H16N6O4/c18-9(6-16-7-12-10(15-16)17(20)21)14-11(19)13-8-4-2-1-3-5-8/h7-8H,1-6H2,(H2,13,14,18,19). The molecule has 10 nitrogen and oxygen atoms in total. The summed E-state index contributed by atoms with van der Waals surface area (Å²) in [7, 11) is 0. The van der Waals surface area contributed by atoms with Crippen LogP contribution in [0, 0.1) is 10.1 Å². The minimum absolute atomic E-state index is 0.0963. The summed E-state index contributed by atoms with van der Waals surface area (Å²) in [4.78, 5) is 36.3. The molecule has 3 amide bonds. The second kappa shape index (κ2) is 6.77. The Labute approximate surface area is 120 Å². The van der Waals surface area contributed by atoms with Crippen LogP contribution in [0.2, 0.25) is 0 Å². The first kappa shape index (κ1) is 14.9. The van der Waals surface area contributed by atoms with Gasteiger partial charge in [0.05, 0.1) is 0 Å². The molecular weight excluding hydrogens is 280 g/mol. The van der Waals surface area contributed by atoms with E-state index in [-0.39, 0.29) is 12.6 Å². The van der Waals surface area contributed by atoms with Gasteiger partial charge in [-0.25, -0.2) is 4.79 Å². The van der Waals surface area contributed by atoms with Crippen molar-refractivity contribution in [3.05, 3.63) is 16.4 Å². The molecule has 1 fully saturated rings. The van der Waals surface area contributed by atoms with Crippen molar-refractivity contribution in [3.8, 4) is 0 Å². The summed E-state index contributed by atoms with van der Waals surface area (Å²) in [5.41, 5.74) is 0. The van der Waals surface area contributed by atoms with Crippen LogP contribution < -0.4 is 10.6 Å². The lowest BCUT2D eigenvalue weighted by Gasteiger charge is -2.22. The van der Waals surface area contributed by atoms with Gasteiger partial charge in [0.25, 0.3) is 5.91 Å². The Morgan fingerprint density at radius 3 is 2.71 bits per heavy atom. The van der Waals surface area contributed by atoms with Crippen LogP contribution in [0.15, 0.2) is 6.33 Å². The fraction of sp³-hybridized carbons (Fsp3) is 0.636. The first-order chi connectivity index (χ1) is 10.0. The first-order valence-electron chi connectivity index (χ1n) is 6.69. The SMILES string of the molecule is O=C(Cn1cnc([N+](=O)[O-])n1)NC(=O)NC1CCCCC1. The molecule has 1 aromatic heterocycles. The topological polar surface area (TPSA) is 132 Å². The molecule has 0 spiro atoms. The molecule has 1 saturated carbocycles. The van der Waals surface area contributed by atoms with Gasteiger partial charge in [0.15, 0.2) is 0 Å². The molecule has 2 N–H and O–H groups in total. The average molecular weight is 296 g/mol. The third-order valence-electron chi connectivity index (χ3n) is 3.19. The molecule has 2 rings (SSSR count). The molecule has 1 heterocycles. The second-order valence-electron chi connectivity index (χ2n) is 4.86. The zero-order chi connectivity index (χ0) is 15.2.